The number of aldehydes is 1. The van der Waals surface area contributed by atoms with E-state index in [-0.39, 0.29) is 28.5 Å². The van der Waals surface area contributed by atoms with Crippen molar-refractivity contribution in [1.82, 2.24) is 9.71 Å². The third-order valence-corrected chi connectivity index (χ3v) is 5.60. The molecule has 0 spiro atoms. The van der Waals surface area contributed by atoms with Crippen molar-refractivity contribution in [3.63, 3.8) is 0 Å². The highest BCUT2D eigenvalue weighted by Gasteiger charge is 2.23. The molecular formula is C22H28Cl2FN3O3S. The number of benzene rings is 1. The first-order chi connectivity index (χ1) is 15.3. The Kier molecular flexibility index (Phi) is 10.8. The summed E-state index contributed by atoms with van der Waals surface area (Å²) in [6, 6.07) is 4.29. The quantitative estimate of drug-likeness (QED) is 0.386. The second-order valence-electron chi connectivity index (χ2n) is 7.28. The van der Waals surface area contributed by atoms with Gasteiger partial charge in [0.25, 0.3) is 0 Å². The minimum absolute atomic E-state index is 0.000928. The highest BCUT2D eigenvalue weighted by Crippen LogP contribution is 2.32. The van der Waals surface area contributed by atoms with Crippen LogP contribution < -0.4 is 19.1 Å². The molecule has 0 radical (unpaired) electrons. The number of hydrogen-bond donors (Lipinski definition) is 1. The SMILES string of the molecule is CC(C)Oc1ncc(N2CCC(Oc3cc(F)c(C=O)cc3Cl)CC2)cc1Cl.CNSC. The van der Waals surface area contributed by atoms with Gasteiger partial charge in [0.1, 0.15) is 22.7 Å². The van der Waals surface area contributed by atoms with Gasteiger partial charge < -0.3 is 14.4 Å². The lowest BCUT2D eigenvalue weighted by Crippen LogP contribution is -2.38. The molecule has 0 amide bonds. The second-order valence-corrected chi connectivity index (χ2v) is 8.91. The second kappa shape index (κ2) is 13.1. The Morgan fingerprint density at radius 1 is 1.25 bits per heavy atom. The number of nitrogens with one attached hydrogen (secondary N) is 1. The maximum absolute atomic E-state index is 13.8. The highest BCUT2D eigenvalue weighted by molar-refractivity contribution is 7.96. The van der Waals surface area contributed by atoms with Gasteiger partial charge in [0.15, 0.2) is 6.29 Å². The molecule has 1 N–H and O–H groups in total. The van der Waals surface area contributed by atoms with E-state index >= 15 is 0 Å². The van der Waals surface area contributed by atoms with Gasteiger partial charge in [-0.3, -0.25) is 9.52 Å². The standard InChI is InChI=1S/C20H21Cl2FN2O3.C2H7NS/c1-12(2)27-20-17(22)8-14(10-24-20)25-5-3-15(4-6-25)28-19-9-18(23)13(11-26)7-16(19)21;1-3-4-2/h7-12,15H,3-6H2,1-2H3;3H,1-2H3. The molecule has 1 aromatic heterocycles. The normalized spacial score (nSPS) is 14.1. The molecule has 176 valence electrons. The van der Waals surface area contributed by atoms with E-state index in [0.717, 1.165) is 37.7 Å². The number of ether oxygens (including phenoxy) is 2. The summed E-state index contributed by atoms with van der Waals surface area (Å²) in [5.74, 6) is 0.0356. The molecule has 1 fully saturated rings. The Hall–Kier alpha value is -1.74. The van der Waals surface area contributed by atoms with Gasteiger partial charge in [-0.25, -0.2) is 9.37 Å². The fourth-order valence-corrected chi connectivity index (χ4v) is 3.46. The molecule has 0 saturated carbocycles. The van der Waals surface area contributed by atoms with E-state index in [9.17, 15) is 9.18 Å². The Bertz CT molecular complexity index is 895. The van der Waals surface area contributed by atoms with E-state index in [1.54, 1.807) is 18.1 Å². The Morgan fingerprint density at radius 3 is 2.44 bits per heavy atom. The monoisotopic (exact) mass is 503 g/mol. The van der Waals surface area contributed by atoms with Crippen molar-refractivity contribution in [1.29, 1.82) is 0 Å². The summed E-state index contributed by atoms with van der Waals surface area (Å²) < 4.78 is 28.1. The summed E-state index contributed by atoms with van der Waals surface area (Å²) in [5.41, 5.74) is 0.834. The van der Waals surface area contributed by atoms with Gasteiger partial charge in [0.05, 0.1) is 28.6 Å². The maximum atomic E-state index is 13.8. The van der Waals surface area contributed by atoms with Crippen molar-refractivity contribution < 1.29 is 18.7 Å². The number of pyridine rings is 1. The Labute approximate surface area is 202 Å². The molecule has 0 aliphatic carbocycles. The summed E-state index contributed by atoms with van der Waals surface area (Å²) >= 11 is 14.0. The molecule has 1 aliphatic heterocycles. The Morgan fingerprint density at radius 2 is 1.91 bits per heavy atom. The number of halogens is 3. The molecule has 1 aromatic carbocycles. The topological polar surface area (TPSA) is 63.7 Å². The summed E-state index contributed by atoms with van der Waals surface area (Å²) in [7, 11) is 1.89. The van der Waals surface area contributed by atoms with E-state index < -0.39 is 5.82 Å². The van der Waals surface area contributed by atoms with Gasteiger partial charge in [0.2, 0.25) is 5.88 Å². The zero-order valence-electron chi connectivity index (χ0n) is 18.5. The predicted octanol–water partition coefficient (Wildman–Crippen LogP) is 5.66. The first-order valence-electron chi connectivity index (χ1n) is 10.2. The van der Waals surface area contributed by atoms with E-state index in [1.807, 2.05) is 33.2 Å². The van der Waals surface area contributed by atoms with E-state index in [2.05, 4.69) is 14.6 Å². The van der Waals surface area contributed by atoms with Crippen LogP contribution in [0.15, 0.2) is 24.4 Å². The first kappa shape index (κ1) is 26.5. The zero-order valence-corrected chi connectivity index (χ0v) is 20.9. The number of nitrogens with zero attached hydrogens (tertiary/aromatic N) is 2. The third kappa shape index (κ3) is 7.69. The molecule has 2 aromatic rings. The van der Waals surface area contributed by atoms with Gasteiger partial charge in [-0.15, -0.1) is 0 Å². The zero-order chi connectivity index (χ0) is 23.7. The lowest BCUT2D eigenvalue weighted by Gasteiger charge is -2.33. The van der Waals surface area contributed by atoms with Gasteiger partial charge in [-0.2, -0.15) is 0 Å². The molecule has 1 aliphatic rings. The molecule has 10 heteroatoms. The van der Waals surface area contributed by atoms with Crippen LogP contribution >= 0.6 is 35.1 Å². The summed E-state index contributed by atoms with van der Waals surface area (Å²) in [5, 5.41) is 0.699. The molecule has 1 saturated heterocycles. The fourth-order valence-electron chi connectivity index (χ4n) is 3.03. The number of carbonyl (C=O) groups is 1. The lowest BCUT2D eigenvalue weighted by atomic mass is 10.1. The fraction of sp³-hybridized carbons (Fsp3) is 0.455. The van der Waals surface area contributed by atoms with Crippen molar-refractivity contribution in [3.05, 3.63) is 45.8 Å². The molecule has 0 atom stereocenters. The number of aromatic nitrogens is 1. The van der Waals surface area contributed by atoms with Gasteiger partial charge in [-0.1, -0.05) is 35.1 Å². The van der Waals surface area contributed by atoms with Gasteiger partial charge in [0, 0.05) is 32.0 Å². The number of hydrogen-bond acceptors (Lipinski definition) is 7. The summed E-state index contributed by atoms with van der Waals surface area (Å²) in [6.07, 6.45) is 5.53. The van der Waals surface area contributed by atoms with Crippen molar-refractivity contribution in [2.24, 2.45) is 0 Å². The molecular weight excluding hydrogens is 476 g/mol. The van der Waals surface area contributed by atoms with Gasteiger partial charge in [-0.05, 0) is 39.3 Å². The van der Waals surface area contributed by atoms with Crippen LogP contribution in [0.1, 0.15) is 37.0 Å². The number of piperidine rings is 1. The number of rotatable bonds is 7. The van der Waals surface area contributed by atoms with Crippen LogP contribution in [0.2, 0.25) is 10.0 Å². The van der Waals surface area contributed by atoms with Crippen LogP contribution in [0.4, 0.5) is 10.1 Å². The predicted molar refractivity (Wildman–Crippen MR) is 130 cm³/mol. The molecule has 0 unspecified atom stereocenters. The van der Waals surface area contributed by atoms with E-state index in [1.165, 1.54) is 6.07 Å². The molecule has 2 heterocycles. The number of anilines is 1. The smallest absolute Gasteiger partial charge is 0.232 e. The highest BCUT2D eigenvalue weighted by atomic mass is 35.5. The third-order valence-electron chi connectivity index (χ3n) is 4.62. The minimum Gasteiger partial charge on any atom is -0.489 e. The van der Waals surface area contributed by atoms with E-state index in [4.69, 9.17) is 32.7 Å². The lowest BCUT2D eigenvalue weighted by molar-refractivity contribution is 0.111. The largest absolute Gasteiger partial charge is 0.489 e. The van der Waals surface area contributed by atoms with Crippen LogP contribution in [0.25, 0.3) is 0 Å². The average molecular weight is 504 g/mol. The van der Waals surface area contributed by atoms with Crippen molar-refractivity contribution in [3.8, 4) is 11.6 Å². The van der Waals surface area contributed by atoms with Crippen LogP contribution in [-0.2, 0) is 0 Å². The number of carbonyl (C=O) groups excluding carboxylic acids is 1. The molecule has 0 bridgehead atoms. The van der Waals surface area contributed by atoms with Crippen LogP contribution in [0.3, 0.4) is 0 Å². The van der Waals surface area contributed by atoms with Crippen molar-refractivity contribution >= 4 is 47.1 Å². The summed E-state index contributed by atoms with van der Waals surface area (Å²) in [6.45, 7) is 5.31. The van der Waals surface area contributed by atoms with Crippen LogP contribution in [0.5, 0.6) is 11.6 Å². The Balaban J connectivity index is 0.000000837. The van der Waals surface area contributed by atoms with Crippen LogP contribution in [0, 0.1) is 5.82 Å². The molecule has 3 rings (SSSR count). The summed E-state index contributed by atoms with van der Waals surface area (Å²) in [4.78, 5) is 17.2. The maximum Gasteiger partial charge on any atom is 0.232 e. The van der Waals surface area contributed by atoms with Crippen molar-refractivity contribution in [2.75, 3.05) is 31.3 Å². The van der Waals surface area contributed by atoms with Gasteiger partial charge >= 0.3 is 0 Å². The molecule has 32 heavy (non-hydrogen) atoms. The van der Waals surface area contributed by atoms with Crippen molar-refractivity contribution in [2.45, 2.75) is 38.9 Å². The average Bonchev–Trinajstić information content (AvgIpc) is 2.78. The first-order valence-corrected chi connectivity index (χ1v) is 12.1. The van der Waals surface area contributed by atoms with Crippen LogP contribution in [-0.4, -0.2) is 49.9 Å². The van der Waals surface area contributed by atoms with E-state index in [0.29, 0.717) is 17.2 Å². The minimum atomic E-state index is -0.642. The molecule has 6 nitrogen and oxygen atoms in total.